The zero-order valence-corrected chi connectivity index (χ0v) is 9.97. The fraction of sp³-hybridized carbons (Fsp3) is 0.778. The number of nitrogens with two attached hydrogens (primary N) is 1. The van der Waals surface area contributed by atoms with Crippen molar-refractivity contribution in [3.05, 3.63) is 12.3 Å². The van der Waals surface area contributed by atoms with Crippen LogP contribution in [0.3, 0.4) is 0 Å². The SMILES string of the molecule is N/C=C\CC1CCCCC1.[Y]. The molecule has 0 atom stereocenters. The molecule has 0 aliphatic heterocycles. The predicted octanol–water partition coefficient (Wildman–Crippen LogP) is 2.43. The van der Waals surface area contributed by atoms with Gasteiger partial charge in [0.15, 0.2) is 0 Å². The first-order valence-electron chi connectivity index (χ1n) is 4.30. The molecule has 0 aromatic heterocycles. The van der Waals surface area contributed by atoms with Gasteiger partial charge < -0.3 is 5.73 Å². The van der Waals surface area contributed by atoms with Gasteiger partial charge in [-0.15, -0.1) is 0 Å². The van der Waals surface area contributed by atoms with E-state index in [0.29, 0.717) is 0 Å². The summed E-state index contributed by atoms with van der Waals surface area (Å²) < 4.78 is 0. The predicted molar refractivity (Wildman–Crippen MR) is 44.5 cm³/mol. The van der Waals surface area contributed by atoms with E-state index in [-0.39, 0.29) is 32.7 Å². The topological polar surface area (TPSA) is 26.0 Å². The second-order valence-corrected chi connectivity index (χ2v) is 3.17. The standard InChI is InChI=1S/C9H17N.Y/c10-8-4-7-9-5-2-1-3-6-9;/h4,8-9H,1-3,5-7,10H2;/b8-4-;. The summed E-state index contributed by atoms with van der Waals surface area (Å²) in [6, 6.07) is 0. The largest absolute Gasteiger partial charge is 0.405 e. The molecule has 0 spiro atoms. The van der Waals surface area contributed by atoms with Crippen molar-refractivity contribution in [2.24, 2.45) is 11.7 Å². The number of rotatable bonds is 2. The van der Waals surface area contributed by atoms with Crippen LogP contribution in [0.5, 0.6) is 0 Å². The van der Waals surface area contributed by atoms with Crippen molar-refractivity contribution < 1.29 is 32.7 Å². The Kier molecular flexibility index (Phi) is 7.73. The minimum Gasteiger partial charge on any atom is -0.405 e. The van der Waals surface area contributed by atoms with Crippen LogP contribution in [0.15, 0.2) is 12.3 Å². The average molecular weight is 228 g/mol. The molecule has 0 aromatic carbocycles. The van der Waals surface area contributed by atoms with Gasteiger partial charge in [0.2, 0.25) is 0 Å². The smallest absolute Gasteiger partial charge is 0 e. The summed E-state index contributed by atoms with van der Waals surface area (Å²) in [7, 11) is 0. The quantitative estimate of drug-likeness (QED) is 0.771. The van der Waals surface area contributed by atoms with Crippen LogP contribution in [-0.2, 0) is 32.7 Å². The summed E-state index contributed by atoms with van der Waals surface area (Å²) in [6.45, 7) is 0. The van der Waals surface area contributed by atoms with Gasteiger partial charge in [-0.2, -0.15) is 0 Å². The maximum atomic E-state index is 5.27. The first kappa shape index (κ1) is 11.6. The zero-order valence-electron chi connectivity index (χ0n) is 7.13. The number of hydrogen-bond donors (Lipinski definition) is 1. The van der Waals surface area contributed by atoms with Crippen molar-refractivity contribution in [1.82, 2.24) is 0 Å². The molecule has 2 heteroatoms. The maximum absolute atomic E-state index is 5.27. The Morgan fingerprint density at radius 1 is 1.18 bits per heavy atom. The van der Waals surface area contributed by atoms with Crippen molar-refractivity contribution in [3.8, 4) is 0 Å². The maximum Gasteiger partial charge on any atom is 0 e. The monoisotopic (exact) mass is 228 g/mol. The van der Waals surface area contributed by atoms with Crippen LogP contribution in [0.4, 0.5) is 0 Å². The van der Waals surface area contributed by atoms with Gasteiger partial charge in [-0.3, -0.25) is 0 Å². The summed E-state index contributed by atoms with van der Waals surface area (Å²) in [5, 5.41) is 0. The van der Waals surface area contributed by atoms with Crippen molar-refractivity contribution in [2.75, 3.05) is 0 Å². The Labute approximate surface area is 94.7 Å². The van der Waals surface area contributed by atoms with E-state index in [9.17, 15) is 0 Å². The molecule has 0 saturated heterocycles. The summed E-state index contributed by atoms with van der Waals surface area (Å²) in [5.41, 5.74) is 5.27. The van der Waals surface area contributed by atoms with E-state index in [1.165, 1.54) is 38.5 Å². The van der Waals surface area contributed by atoms with Crippen LogP contribution >= 0.6 is 0 Å². The Morgan fingerprint density at radius 3 is 2.36 bits per heavy atom. The normalized spacial score (nSPS) is 20.0. The van der Waals surface area contributed by atoms with E-state index >= 15 is 0 Å². The van der Waals surface area contributed by atoms with Crippen LogP contribution in [-0.4, -0.2) is 0 Å². The second-order valence-electron chi connectivity index (χ2n) is 3.17. The third-order valence-corrected chi connectivity index (χ3v) is 2.33. The molecule has 1 aliphatic carbocycles. The Hall–Kier alpha value is 0.644. The van der Waals surface area contributed by atoms with Crippen LogP contribution in [0.2, 0.25) is 0 Å². The molecule has 0 aromatic rings. The van der Waals surface area contributed by atoms with Crippen LogP contribution in [0.1, 0.15) is 38.5 Å². The van der Waals surface area contributed by atoms with E-state index in [1.54, 1.807) is 6.20 Å². The molecular weight excluding hydrogens is 211 g/mol. The van der Waals surface area contributed by atoms with Crippen molar-refractivity contribution in [2.45, 2.75) is 38.5 Å². The molecule has 0 amide bonds. The zero-order chi connectivity index (χ0) is 7.23. The van der Waals surface area contributed by atoms with Crippen molar-refractivity contribution >= 4 is 0 Å². The molecule has 2 N–H and O–H groups in total. The van der Waals surface area contributed by atoms with Gasteiger partial charge >= 0.3 is 0 Å². The van der Waals surface area contributed by atoms with Crippen LogP contribution in [0.25, 0.3) is 0 Å². The van der Waals surface area contributed by atoms with Gasteiger partial charge in [0.1, 0.15) is 0 Å². The third kappa shape index (κ3) is 4.97. The summed E-state index contributed by atoms with van der Waals surface area (Å²) >= 11 is 0. The van der Waals surface area contributed by atoms with E-state index in [2.05, 4.69) is 6.08 Å². The second kappa shape index (κ2) is 7.30. The molecule has 0 heterocycles. The molecule has 0 bridgehead atoms. The molecule has 0 unspecified atom stereocenters. The molecule has 11 heavy (non-hydrogen) atoms. The van der Waals surface area contributed by atoms with Crippen molar-refractivity contribution in [3.63, 3.8) is 0 Å². The van der Waals surface area contributed by atoms with Gasteiger partial charge in [0.05, 0.1) is 0 Å². The van der Waals surface area contributed by atoms with Gasteiger partial charge in [0, 0.05) is 32.7 Å². The molecular formula is C9H17NY. The Bertz CT molecular complexity index is 106. The van der Waals surface area contributed by atoms with Crippen LogP contribution in [0, 0.1) is 5.92 Å². The van der Waals surface area contributed by atoms with E-state index < -0.39 is 0 Å². The number of allylic oxidation sites excluding steroid dienone is 1. The molecule has 1 rings (SSSR count). The van der Waals surface area contributed by atoms with Crippen molar-refractivity contribution in [1.29, 1.82) is 0 Å². The van der Waals surface area contributed by atoms with Gasteiger partial charge in [-0.25, -0.2) is 0 Å². The minimum atomic E-state index is 0. The molecule has 61 valence electrons. The summed E-state index contributed by atoms with van der Waals surface area (Å²) in [4.78, 5) is 0. The molecule has 1 saturated carbocycles. The van der Waals surface area contributed by atoms with E-state index in [4.69, 9.17) is 5.73 Å². The van der Waals surface area contributed by atoms with E-state index in [1.807, 2.05) is 0 Å². The summed E-state index contributed by atoms with van der Waals surface area (Å²) in [5.74, 6) is 0.938. The van der Waals surface area contributed by atoms with E-state index in [0.717, 1.165) is 5.92 Å². The fourth-order valence-electron chi connectivity index (χ4n) is 1.69. The van der Waals surface area contributed by atoms with Gasteiger partial charge in [0.25, 0.3) is 0 Å². The first-order chi connectivity index (χ1) is 4.93. The van der Waals surface area contributed by atoms with Gasteiger partial charge in [-0.1, -0.05) is 38.2 Å². The Balaban J connectivity index is 0.000001000. The molecule has 1 aliphatic rings. The minimum absolute atomic E-state index is 0. The fourth-order valence-corrected chi connectivity index (χ4v) is 1.69. The number of hydrogen-bond acceptors (Lipinski definition) is 1. The molecule has 1 radical (unpaired) electrons. The van der Waals surface area contributed by atoms with Gasteiger partial charge in [-0.05, 0) is 18.5 Å². The molecule has 1 fully saturated rings. The van der Waals surface area contributed by atoms with Crippen LogP contribution < -0.4 is 5.73 Å². The third-order valence-electron chi connectivity index (χ3n) is 2.33. The first-order valence-corrected chi connectivity index (χ1v) is 4.30. The molecule has 1 nitrogen and oxygen atoms in total. The summed E-state index contributed by atoms with van der Waals surface area (Å²) in [6.07, 6.45) is 12.1. The Morgan fingerprint density at radius 2 is 1.82 bits per heavy atom. The average Bonchev–Trinajstić information content (AvgIpc) is 2.03.